The summed E-state index contributed by atoms with van der Waals surface area (Å²) in [6, 6.07) is 9.99. The Morgan fingerprint density at radius 3 is 2.38 bits per heavy atom. The smallest absolute Gasteiger partial charge is 0.334 e. The third kappa shape index (κ3) is 5.65. The minimum Gasteiger partial charge on any atom is -0.469 e. The Hall–Kier alpha value is -2.36. The van der Waals surface area contributed by atoms with E-state index in [-0.39, 0.29) is 17.9 Å². The number of methoxy groups -OCH3 is 2. The molecule has 1 aromatic rings. The fourth-order valence-corrected chi connectivity index (χ4v) is 1.76. The average molecular weight is 288 g/mol. The van der Waals surface area contributed by atoms with Crippen LogP contribution < -0.4 is 0 Å². The van der Waals surface area contributed by atoms with Crippen LogP contribution in [0, 0.1) is 0 Å². The summed E-state index contributed by atoms with van der Waals surface area (Å²) >= 11 is 0. The topological polar surface area (TPSA) is 52.6 Å². The summed E-state index contributed by atoms with van der Waals surface area (Å²) in [4.78, 5) is 22.8. The second-order valence-electron chi connectivity index (χ2n) is 4.52. The van der Waals surface area contributed by atoms with Crippen LogP contribution in [0.1, 0.15) is 24.8 Å². The SMILES string of the molecule is COC(=O)C/C(=C\C=C\C(C)c1ccccc1)C(=O)OC. The van der Waals surface area contributed by atoms with Crippen LogP contribution in [0.25, 0.3) is 0 Å². The van der Waals surface area contributed by atoms with Gasteiger partial charge in [-0.25, -0.2) is 4.79 Å². The van der Waals surface area contributed by atoms with Crippen molar-refractivity contribution >= 4 is 11.9 Å². The zero-order chi connectivity index (χ0) is 15.7. The molecule has 0 N–H and O–H groups in total. The first-order valence-electron chi connectivity index (χ1n) is 6.66. The molecule has 0 saturated heterocycles. The van der Waals surface area contributed by atoms with E-state index in [9.17, 15) is 9.59 Å². The summed E-state index contributed by atoms with van der Waals surface area (Å²) in [5.74, 6) is -0.798. The number of carbonyl (C=O) groups is 2. The van der Waals surface area contributed by atoms with Crippen molar-refractivity contribution in [2.24, 2.45) is 0 Å². The van der Waals surface area contributed by atoms with Crippen molar-refractivity contribution in [3.8, 4) is 0 Å². The van der Waals surface area contributed by atoms with E-state index in [0.29, 0.717) is 0 Å². The van der Waals surface area contributed by atoms with Gasteiger partial charge in [-0.15, -0.1) is 0 Å². The molecule has 0 aliphatic heterocycles. The highest BCUT2D eigenvalue weighted by atomic mass is 16.5. The number of carbonyl (C=O) groups excluding carboxylic acids is 2. The molecular formula is C17H20O4. The van der Waals surface area contributed by atoms with Gasteiger partial charge < -0.3 is 9.47 Å². The summed E-state index contributed by atoms with van der Waals surface area (Å²) < 4.78 is 9.21. The Bertz CT molecular complexity index is 529. The summed E-state index contributed by atoms with van der Waals surface area (Å²) in [6.07, 6.45) is 5.19. The monoisotopic (exact) mass is 288 g/mol. The largest absolute Gasteiger partial charge is 0.469 e. The minimum absolute atomic E-state index is 0.104. The molecule has 0 fully saturated rings. The molecule has 0 saturated carbocycles. The Morgan fingerprint density at radius 2 is 1.81 bits per heavy atom. The number of rotatable bonds is 6. The molecular weight excluding hydrogens is 268 g/mol. The second kappa shape index (κ2) is 8.74. The normalized spacial score (nSPS) is 13.0. The number of hydrogen-bond acceptors (Lipinski definition) is 4. The van der Waals surface area contributed by atoms with Gasteiger partial charge in [0.25, 0.3) is 0 Å². The van der Waals surface area contributed by atoms with Gasteiger partial charge in [0, 0.05) is 5.57 Å². The maximum Gasteiger partial charge on any atom is 0.334 e. The van der Waals surface area contributed by atoms with Crippen LogP contribution in [0.5, 0.6) is 0 Å². The van der Waals surface area contributed by atoms with Gasteiger partial charge in [0.2, 0.25) is 0 Å². The molecule has 21 heavy (non-hydrogen) atoms. The third-order valence-electron chi connectivity index (χ3n) is 3.03. The Balaban J connectivity index is 2.79. The number of allylic oxidation sites excluding steroid dienone is 3. The molecule has 0 heterocycles. The molecule has 1 rings (SSSR count). The zero-order valence-corrected chi connectivity index (χ0v) is 12.5. The molecule has 0 bridgehead atoms. The van der Waals surface area contributed by atoms with Gasteiger partial charge in [-0.2, -0.15) is 0 Å². The lowest BCUT2D eigenvalue weighted by atomic mass is 10.0. The van der Waals surface area contributed by atoms with E-state index in [2.05, 4.69) is 16.4 Å². The van der Waals surface area contributed by atoms with E-state index in [1.165, 1.54) is 19.8 Å². The molecule has 0 amide bonds. The first-order valence-corrected chi connectivity index (χ1v) is 6.66. The lowest BCUT2D eigenvalue weighted by Gasteiger charge is -2.06. The molecule has 4 heteroatoms. The van der Waals surface area contributed by atoms with Crippen LogP contribution in [-0.2, 0) is 19.1 Å². The predicted octanol–water partition coefficient (Wildman–Crippen LogP) is 3.01. The van der Waals surface area contributed by atoms with Gasteiger partial charge >= 0.3 is 11.9 Å². The maximum absolute atomic E-state index is 11.6. The van der Waals surface area contributed by atoms with Crippen LogP contribution in [0.15, 0.2) is 54.1 Å². The van der Waals surface area contributed by atoms with E-state index in [1.54, 1.807) is 12.2 Å². The fraction of sp³-hybridized carbons (Fsp3) is 0.294. The first-order chi connectivity index (χ1) is 10.1. The number of hydrogen-bond donors (Lipinski definition) is 0. The minimum atomic E-state index is -0.530. The summed E-state index contributed by atoms with van der Waals surface area (Å²) in [5.41, 5.74) is 1.44. The maximum atomic E-state index is 11.6. The molecule has 1 atom stereocenters. The van der Waals surface area contributed by atoms with Crippen molar-refractivity contribution in [3.63, 3.8) is 0 Å². The third-order valence-corrected chi connectivity index (χ3v) is 3.03. The van der Waals surface area contributed by atoms with Gasteiger partial charge in [-0.05, 0) is 11.5 Å². The standard InChI is InChI=1S/C17H20O4/c1-13(14-9-5-4-6-10-14)8-7-11-15(17(19)21-3)12-16(18)20-2/h4-11,13H,12H2,1-3H3/b8-7+,15-11+. The van der Waals surface area contributed by atoms with Crippen molar-refractivity contribution in [1.29, 1.82) is 0 Å². The quantitative estimate of drug-likeness (QED) is 0.459. The van der Waals surface area contributed by atoms with E-state index in [4.69, 9.17) is 0 Å². The van der Waals surface area contributed by atoms with Crippen LogP contribution >= 0.6 is 0 Å². The number of ether oxygens (including phenoxy) is 2. The van der Waals surface area contributed by atoms with Crippen molar-refractivity contribution in [2.45, 2.75) is 19.3 Å². The summed E-state index contributed by atoms with van der Waals surface area (Å²) in [7, 11) is 2.56. The average Bonchev–Trinajstić information content (AvgIpc) is 2.53. The van der Waals surface area contributed by atoms with Crippen molar-refractivity contribution in [2.75, 3.05) is 14.2 Å². The first kappa shape index (κ1) is 16.7. The van der Waals surface area contributed by atoms with E-state index in [1.807, 2.05) is 36.4 Å². The van der Waals surface area contributed by atoms with Gasteiger partial charge in [0.1, 0.15) is 0 Å². The molecule has 0 aromatic heterocycles. The number of esters is 2. The zero-order valence-electron chi connectivity index (χ0n) is 12.5. The van der Waals surface area contributed by atoms with Crippen LogP contribution in [0.3, 0.4) is 0 Å². The Kier molecular flexibility index (Phi) is 6.95. The highest BCUT2D eigenvalue weighted by molar-refractivity contribution is 5.94. The molecule has 1 aromatic carbocycles. The lowest BCUT2D eigenvalue weighted by Crippen LogP contribution is -2.10. The van der Waals surface area contributed by atoms with E-state index in [0.717, 1.165) is 0 Å². The molecule has 0 aliphatic rings. The molecule has 1 unspecified atom stereocenters. The fourth-order valence-electron chi connectivity index (χ4n) is 1.76. The lowest BCUT2D eigenvalue weighted by molar-refractivity contribution is -0.143. The highest BCUT2D eigenvalue weighted by Crippen LogP contribution is 2.16. The van der Waals surface area contributed by atoms with Crippen molar-refractivity contribution in [3.05, 3.63) is 59.7 Å². The van der Waals surface area contributed by atoms with Gasteiger partial charge in [-0.1, -0.05) is 55.5 Å². The molecule has 0 spiro atoms. The number of benzene rings is 1. The van der Waals surface area contributed by atoms with Gasteiger partial charge in [0.15, 0.2) is 0 Å². The highest BCUT2D eigenvalue weighted by Gasteiger charge is 2.13. The molecule has 0 aliphatic carbocycles. The van der Waals surface area contributed by atoms with Gasteiger partial charge in [-0.3, -0.25) is 4.79 Å². The second-order valence-corrected chi connectivity index (χ2v) is 4.52. The van der Waals surface area contributed by atoms with E-state index >= 15 is 0 Å². The van der Waals surface area contributed by atoms with Gasteiger partial charge in [0.05, 0.1) is 20.6 Å². The molecule has 112 valence electrons. The van der Waals surface area contributed by atoms with Crippen LogP contribution in [0.2, 0.25) is 0 Å². The Morgan fingerprint density at radius 1 is 1.14 bits per heavy atom. The molecule has 0 radical (unpaired) electrons. The van der Waals surface area contributed by atoms with E-state index < -0.39 is 11.9 Å². The molecule has 4 nitrogen and oxygen atoms in total. The van der Waals surface area contributed by atoms with Crippen LogP contribution in [-0.4, -0.2) is 26.2 Å². The van der Waals surface area contributed by atoms with Crippen molar-refractivity contribution < 1.29 is 19.1 Å². The van der Waals surface area contributed by atoms with Crippen molar-refractivity contribution in [1.82, 2.24) is 0 Å². The predicted molar refractivity (Wildman–Crippen MR) is 80.7 cm³/mol. The Labute approximate surface area is 125 Å². The summed E-state index contributed by atoms with van der Waals surface area (Å²) in [5, 5.41) is 0. The summed E-state index contributed by atoms with van der Waals surface area (Å²) in [6.45, 7) is 2.05. The van der Waals surface area contributed by atoms with Crippen LogP contribution in [0.4, 0.5) is 0 Å².